The topological polar surface area (TPSA) is 17.1 Å². The highest BCUT2D eigenvalue weighted by Crippen LogP contribution is 2.54. The molecule has 1 aromatic carbocycles. The van der Waals surface area contributed by atoms with Crippen molar-refractivity contribution >= 4 is 5.78 Å². The molecule has 1 nitrogen and oxygen atoms in total. The van der Waals surface area contributed by atoms with E-state index in [-0.39, 0.29) is 17.5 Å². The maximum Gasteiger partial charge on any atom is 0.166 e. The molecule has 0 bridgehead atoms. The number of fused-ring (bicyclic) bond motifs is 1. The summed E-state index contributed by atoms with van der Waals surface area (Å²) in [5.41, 5.74) is 1.38. The number of rotatable bonds is 2. The molecule has 0 saturated heterocycles. The van der Waals surface area contributed by atoms with Crippen molar-refractivity contribution in [2.45, 2.75) is 26.2 Å². The lowest BCUT2D eigenvalue weighted by Gasteiger charge is -2.11. The van der Waals surface area contributed by atoms with Gasteiger partial charge in [-0.2, -0.15) is 0 Å². The predicted octanol–water partition coefficient (Wildman–Crippen LogP) is 3.36. The second-order valence-electron chi connectivity index (χ2n) is 5.31. The first-order valence-corrected chi connectivity index (χ1v) is 5.95. The molecule has 1 aromatic rings. The molecule has 0 amide bonds. The number of hydrogen-bond donors (Lipinski definition) is 0. The molecule has 0 spiro atoms. The summed E-state index contributed by atoms with van der Waals surface area (Å²) in [5, 5.41) is 0. The lowest BCUT2D eigenvalue weighted by molar-refractivity contribution is 0.0914. The number of halogens is 1. The van der Waals surface area contributed by atoms with E-state index < -0.39 is 0 Å². The summed E-state index contributed by atoms with van der Waals surface area (Å²) >= 11 is 0. The molecule has 3 rings (SSSR count). The highest BCUT2D eigenvalue weighted by Gasteiger charge is 2.47. The summed E-state index contributed by atoms with van der Waals surface area (Å²) < 4.78 is 13.2. The van der Waals surface area contributed by atoms with E-state index >= 15 is 0 Å². The van der Waals surface area contributed by atoms with Crippen LogP contribution < -0.4 is 0 Å². The molecular formula is C14H15FO. The number of ketones is 1. The predicted molar refractivity (Wildman–Crippen MR) is 59.8 cm³/mol. The Balaban J connectivity index is 1.83. The minimum Gasteiger partial charge on any atom is -0.294 e. The third-order valence-electron chi connectivity index (χ3n) is 3.94. The van der Waals surface area contributed by atoms with Crippen LogP contribution in [0.2, 0.25) is 0 Å². The van der Waals surface area contributed by atoms with Crippen molar-refractivity contribution < 1.29 is 9.18 Å². The number of Topliss-reactive ketones (excluding diaryl/α,β-unsaturated/α-hetero) is 1. The molecule has 2 aliphatic rings. The van der Waals surface area contributed by atoms with Crippen molar-refractivity contribution in [1.29, 1.82) is 0 Å². The molecule has 0 radical (unpaired) electrons. The fourth-order valence-electron chi connectivity index (χ4n) is 3.04. The lowest BCUT2D eigenvalue weighted by atomic mass is 9.92. The van der Waals surface area contributed by atoms with Gasteiger partial charge < -0.3 is 0 Å². The average Bonchev–Trinajstić information content (AvgIpc) is 2.83. The Morgan fingerprint density at radius 1 is 1.19 bits per heavy atom. The zero-order chi connectivity index (χ0) is 11.3. The van der Waals surface area contributed by atoms with E-state index in [1.54, 1.807) is 6.07 Å². The van der Waals surface area contributed by atoms with Crippen LogP contribution in [-0.2, 0) is 0 Å². The maximum atomic E-state index is 13.2. The van der Waals surface area contributed by atoms with Crippen molar-refractivity contribution in [2.24, 2.45) is 17.8 Å². The largest absolute Gasteiger partial charge is 0.294 e. The third-order valence-corrected chi connectivity index (χ3v) is 3.94. The number of aryl methyl sites for hydroxylation is 1. The van der Waals surface area contributed by atoms with E-state index in [0.717, 1.165) is 30.2 Å². The Morgan fingerprint density at radius 2 is 1.88 bits per heavy atom. The van der Waals surface area contributed by atoms with Gasteiger partial charge in [0.05, 0.1) is 0 Å². The fourth-order valence-corrected chi connectivity index (χ4v) is 3.04. The van der Waals surface area contributed by atoms with Gasteiger partial charge in [-0.1, -0.05) is 0 Å². The van der Waals surface area contributed by atoms with E-state index in [4.69, 9.17) is 0 Å². The van der Waals surface area contributed by atoms with Gasteiger partial charge in [0.15, 0.2) is 5.78 Å². The molecule has 0 aliphatic heterocycles. The van der Waals surface area contributed by atoms with Crippen molar-refractivity contribution in [3.63, 3.8) is 0 Å². The maximum absolute atomic E-state index is 13.2. The van der Waals surface area contributed by atoms with Crippen LogP contribution in [0, 0.1) is 30.5 Å². The quantitative estimate of drug-likeness (QED) is 0.695. The molecule has 2 heteroatoms. The van der Waals surface area contributed by atoms with Gasteiger partial charge in [-0.05, 0) is 61.8 Å². The monoisotopic (exact) mass is 218 g/mol. The molecule has 2 aliphatic carbocycles. The van der Waals surface area contributed by atoms with Gasteiger partial charge in [0, 0.05) is 11.5 Å². The zero-order valence-electron chi connectivity index (χ0n) is 9.37. The van der Waals surface area contributed by atoms with Gasteiger partial charge in [-0.3, -0.25) is 4.79 Å². The fraction of sp³-hybridized carbons (Fsp3) is 0.500. The number of carbonyl (C=O) groups is 1. The van der Waals surface area contributed by atoms with E-state index in [9.17, 15) is 9.18 Å². The van der Waals surface area contributed by atoms with Crippen LogP contribution in [0.1, 0.15) is 35.2 Å². The van der Waals surface area contributed by atoms with Gasteiger partial charge >= 0.3 is 0 Å². The molecule has 2 fully saturated rings. The highest BCUT2D eigenvalue weighted by atomic mass is 19.1. The third kappa shape index (κ3) is 1.66. The molecular weight excluding hydrogens is 203 g/mol. The molecule has 84 valence electrons. The van der Waals surface area contributed by atoms with E-state index in [2.05, 4.69) is 0 Å². The summed E-state index contributed by atoms with van der Waals surface area (Å²) in [6, 6.07) is 4.64. The van der Waals surface area contributed by atoms with Crippen molar-refractivity contribution in [2.75, 3.05) is 0 Å². The minimum absolute atomic E-state index is 0.148. The SMILES string of the molecule is Cc1cc(F)cc(C(=O)C2CC3CC3C2)c1. The second kappa shape index (κ2) is 3.41. The Morgan fingerprint density at radius 3 is 2.50 bits per heavy atom. The summed E-state index contributed by atoms with van der Waals surface area (Å²) in [4.78, 5) is 12.2. The van der Waals surface area contributed by atoms with Crippen LogP contribution in [0.4, 0.5) is 4.39 Å². The van der Waals surface area contributed by atoms with Crippen LogP contribution in [0.5, 0.6) is 0 Å². The normalized spacial score (nSPS) is 31.2. The summed E-state index contributed by atoms with van der Waals surface area (Å²) in [5.74, 6) is 1.60. The van der Waals surface area contributed by atoms with Crippen LogP contribution in [0.15, 0.2) is 18.2 Å². The molecule has 0 heterocycles. The first-order valence-electron chi connectivity index (χ1n) is 5.95. The van der Waals surface area contributed by atoms with Gasteiger partial charge in [0.25, 0.3) is 0 Å². The van der Waals surface area contributed by atoms with Gasteiger partial charge in [0.1, 0.15) is 5.82 Å². The molecule has 16 heavy (non-hydrogen) atoms. The van der Waals surface area contributed by atoms with Crippen LogP contribution >= 0.6 is 0 Å². The number of hydrogen-bond acceptors (Lipinski definition) is 1. The van der Waals surface area contributed by atoms with E-state index in [1.165, 1.54) is 18.6 Å². The first-order chi connectivity index (χ1) is 7.63. The summed E-state index contributed by atoms with van der Waals surface area (Å²) in [7, 11) is 0. The van der Waals surface area contributed by atoms with Crippen LogP contribution in [0.25, 0.3) is 0 Å². The lowest BCUT2D eigenvalue weighted by Crippen LogP contribution is -2.13. The Hall–Kier alpha value is -1.18. The Labute approximate surface area is 94.7 Å². The van der Waals surface area contributed by atoms with E-state index in [0.29, 0.717) is 5.56 Å². The average molecular weight is 218 g/mol. The molecule has 2 saturated carbocycles. The van der Waals surface area contributed by atoms with Crippen molar-refractivity contribution in [1.82, 2.24) is 0 Å². The highest BCUT2D eigenvalue weighted by molar-refractivity contribution is 5.98. The zero-order valence-corrected chi connectivity index (χ0v) is 9.37. The minimum atomic E-state index is -0.300. The molecule has 2 atom stereocenters. The second-order valence-corrected chi connectivity index (χ2v) is 5.31. The van der Waals surface area contributed by atoms with Crippen molar-refractivity contribution in [3.05, 3.63) is 35.1 Å². The van der Waals surface area contributed by atoms with Gasteiger partial charge in [-0.25, -0.2) is 4.39 Å². The molecule has 0 aromatic heterocycles. The van der Waals surface area contributed by atoms with Gasteiger partial charge in [-0.15, -0.1) is 0 Å². The molecule has 0 N–H and O–H groups in total. The standard InChI is InChI=1S/C14H15FO/c1-8-2-11(7-13(15)3-8)14(16)12-5-9-4-10(9)6-12/h2-3,7,9-10,12H,4-6H2,1H3. The summed E-state index contributed by atoms with van der Waals surface area (Å²) in [6.07, 6.45) is 3.37. The first kappa shape index (κ1) is 10.0. The van der Waals surface area contributed by atoms with Crippen LogP contribution in [0.3, 0.4) is 0 Å². The molecule has 2 unspecified atom stereocenters. The Kier molecular flexibility index (Phi) is 2.13. The Bertz CT molecular complexity index is 422. The van der Waals surface area contributed by atoms with E-state index in [1.807, 2.05) is 6.92 Å². The number of carbonyl (C=O) groups excluding carboxylic acids is 1. The number of benzene rings is 1. The van der Waals surface area contributed by atoms with Crippen LogP contribution in [-0.4, -0.2) is 5.78 Å². The van der Waals surface area contributed by atoms with Gasteiger partial charge in [0.2, 0.25) is 0 Å². The smallest absolute Gasteiger partial charge is 0.166 e. The van der Waals surface area contributed by atoms with Crippen molar-refractivity contribution in [3.8, 4) is 0 Å². The summed E-state index contributed by atoms with van der Waals surface area (Å²) in [6.45, 7) is 1.83.